The van der Waals surface area contributed by atoms with Crippen molar-refractivity contribution in [1.82, 2.24) is 9.95 Å². The van der Waals surface area contributed by atoms with Gasteiger partial charge in [0.1, 0.15) is 6.73 Å². The molecule has 0 aromatic rings. The van der Waals surface area contributed by atoms with Crippen molar-refractivity contribution in [3.05, 3.63) is 0 Å². The average Bonchev–Trinajstić information content (AvgIpc) is 1.72. The minimum Gasteiger partial charge on any atom is -0.260 e. The molecular formula is C2H4N2O2S2. The molecule has 0 aromatic heterocycles. The fourth-order valence-corrected chi connectivity index (χ4v) is 2.10. The van der Waals surface area contributed by atoms with Gasteiger partial charge in [-0.05, 0) is 10.8 Å². The Labute approximate surface area is 54.3 Å². The first kappa shape index (κ1) is 5.33. The summed E-state index contributed by atoms with van der Waals surface area (Å²) < 4.78 is 1.99. The predicted molar refractivity (Wildman–Crippen MR) is 31.0 cm³/mol. The lowest BCUT2D eigenvalue weighted by molar-refractivity contribution is -0.261. The molecule has 0 aromatic carbocycles. The van der Waals surface area contributed by atoms with E-state index < -0.39 is 0 Å². The van der Waals surface area contributed by atoms with Crippen molar-refractivity contribution < 1.29 is 9.68 Å². The lowest BCUT2D eigenvalue weighted by atomic mass is 11.1. The molecule has 2 rings (SSSR count). The molecule has 46 valence electrons. The maximum Gasteiger partial charge on any atom is 0.204 e. The molecule has 6 heteroatoms. The van der Waals surface area contributed by atoms with Gasteiger partial charge < -0.3 is 0 Å². The van der Waals surface area contributed by atoms with Crippen molar-refractivity contribution in [2.75, 3.05) is 6.73 Å². The standard InChI is InChI=1S/C2H4N2O2S2/c1-4-2(7-8-4)6-3-5-1/h2-3H,1H2. The van der Waals surface area contributed by atoms with E-state index in [-0.39, 0.29) is 5.56 Å². The van der Waals surface area contributed by atoms with Crippen LogP contribution >= 0.6 is 21.8 Å². The zero-order chi connectivity index (χ0) is 5.40. The van der Waals surface area contributed by atoms with Crippen molar-refractivity contribution in [2.24, 2.45) is 0 Å². The second-order valence-corrected chi connectivity index (χ2v) is 3.61. The van der Waals surface area contributed by atoms with Crippen molar-refractivity contribution in [1.29, 1.82) is 0 Å². The maximum absolute atomic E-state index is 4.87. The van der Waals surface area contributed by atoms with Gasteiger partial charge in [0, 0.05) is 11.0 Å². The molecular weight excluding hydrogens is 148 g/mol. The quantitative estimate of drug-likeness (QED) is 0.397. The Bertz CT molecular complexity index is 90.0. The summed E-state index contributed by atoms with van der Waals surface area (Å²) >= 11 is 0. The molecule has 2 saturated heterocycles. The summed E-state index contributed by atoms with van der Waals surface area (Å²) in [6.07, 6.45) is 0. The Morgan fingerprint density at radius 1 is 1.75 bits per heavy atom. The molecule has 0 radical (unpaired) electrons. The fourth-order valence-electron chi connectivity index (χ4n) is 0.465. The van der Waals surface area contributed by atoms with Crippen LogP contribution in [0.2, 0.25) is 0 Å². The van der Waals surface area contributed by atoms with E-state index in [1.165, 1.54) is 0 Å². The number of nitrogens with zero attached hydrogens (tertiary/aromatic N) is 1. The van der Waals surface area contributed by atoms with Crippen LogP contribution < -0.4 is 5.64 Å². The van der Waals surface area contributed by atoms with Crippen LogP contribution in [-0.4, -0.2) is 16.6 Å². The third-order valence-electron chi connectivity index (χ3n) is 0.856. The molecule has 2 aliphatic heterocycles. The normalized spacial score (nSPS) is 38.2. The van der Waals surface area contributed by atoms with E-state index in [1.807, 2.05) is 4.31 Å². The Hall–Kier alpha value is 0.540. The zero-order valence-corrected chi connectivity index (χ0v) is 5.50. The van der Waals surface area contributed by atoms with Gasteiger partial charge in [0.25, 0.3) is 0 Å². The van der Waals surface area contributed by atoms with Crippen LogP contribution in [0.4, 0.5) is 0 Å². The van der Waals surface area contributed by atoms with Gasteiger partial charge in [-0.1, -0.05) is 5.64 Å². The molecule has 2 fully saturated rings. The first-order valence-electron chi connectivity index (χ1n) is 2.09. The molecule has 2 heterocycles. The molecule has 8 heavy (non-hydrogen) atoms. The third-order valence-corrected chi connectivity index (χ3v) is 3.41. The van der Waals surface area contributed by atoms with E-state index in [0.29, 0.717) is 6.73 Å². The van der Waals surface area contributed by atoms with E-state index in [0.717, 1.165) is 0 Å². The van der Waals surface area contributed by atoms with E-state index >= 15 is 0 Å². The van der Waals surface area contributed by atoms with E-state index in [4.69, 9.17) is 9.68 Å². The average molecular weight is 152 g/mol. The van der Waals surface area contributed by atoms with Gasteiger partial charge in [-0.3, -0.25) is 4.84 Å². The predicted octanol–water partition coefficient (Wildman–Crippen LogP) is 0.306. The Morgan fingerprint density at radius 3 is 3.12 bits per heavy atom. The first-order chi connectivity index (χ1) is 3.97. The highest BCUT2D eigenvalue weighted by atomic mass is 33.1. The first-order valence-corrected chi connectivity index (χ1v) is 4.26. The van der Waals surface area contributed by atoms with Gasteiger partial charge in [0.05, 0.1) is 0 Å². The van der Waals surface area contributed by atoms with Gasteiger partial charge >= 0.3 is 0 Å². The Balaban J connectivity index is 1.92. The summed E-state index contributed by atoms with van der Waals surface area (Å²) in [6.45, 7) is 0.600. The molecule has 1 N–H and O–H groups in total. The van der Waals surface area contributed by atoms with Crippen LogP contribution in [0.5, 0.6) is 0 Å². The highest BCUT2D eigenvalue weighted by Crippen LogP contribution is 2.46. The molecule has 0 bridgehead atoms. The van der Waals surface area contributed by atoms with Gasteiger partial charge in [0.2, 0.25) is 5.56 Å². The molecule has 4 nitrogen and oxygen atoms in total. The van der Waals surface area contributed by atoms with Crippen molar-refractivity contribution >= 4 is 21.8 Å². The number of nitrogens with one attached hydrogen (secondary N) is 1. The monoisotopic (exact) mass is 152 g/mol. The number of hydrogen-bond donors (Lipinski definition) is 1. The van der Waals surface area contributed by atoms with Crippen molar-refractivity contribution in [3.63, 3.8) is 0 Å². The van der Waals surface area contributed by atoms with Crippen LogP contribution in [-0.2, 0) is 9.68 Å². The van der Waals surface area contributed by atoms with Crippen molar-refractivity contribution in [3.8, 4) is 0 Å². The second kappa shape index (κ2) is 2.05. The molecule has 1 atom stereocenters. The fraction of sp³-hybridized carbons (Fsp3) is 1.00. The number of hydrogen-bond acceptors (Lipinski definition) is 6. The number of rotatable bonds is 0. The zero-order valence-electron chi connectivity index (χ0n) is 3.86. The Kier molecular flexibility index (Phi) is 1.37. The van der Waals surface area contributed by atoms with Crippen LogP contribution in [0.1, 0.15) is 0 Å². The lowest BCUT2D eigenvalue weighted by Gasteiger charge is -2.39. The van der Waals surface area contributed by atoms with Crippen LogP contribution in [0, 0.1) is 0 Å². The van der Waals surface area contributed by atoms with Crippen LogP contribution in [0.3, 0.4) is 0 Å². The van der Waals surface area contributed by atoms with Crippen LogP contribution in [0.25, 0.3) is 0 Å². The summed E-state index contributed by atoms with van der Waals surface area (Å²) in [4.78, 5) is 9.60. The third kappa shape index (κ3) is 0.734. The smallest absolute Gasteiger partial charge is 0.204 e. The molecule has 0 spiro atoms. The summed E-state index contributed by atoms with van der Waals surface area (Å²) in [6, 6.07) is 0. The van der Waals surface area contributed by atoms with E-state index in [2.05, 4.69) is 5.64 Å². The van der Waals surface area contributed by atoms with Gasteiger partial charge in [0.15, 0.2) is 0 Å². The number of fused-ring (bicyclic) bond motifs is 1. The highest BCUT2D eigenvalue weighted by Gasteiger charge is 2.35. The minimum absolute atomic E-state index is 0.161. The summed E-state index contributed by atoms with van der Waals surface area (Å²) in [7, 11) is 3.32. The SMILES string of the molecule is C1ONOC2SSN12. The molecule has 1 unspecified atom stereocenters. The second-order valence-electron chi connectivity index (χ2n) is 1.37. The summed E-state index contributed by atoms with van der Waals surface area (Å²) in [5.74, 6) is 0. The van der Waals surface area contributed by atoms with Gasteiger partial charge in [-0.2, -0.15) is 4.31 Å². The van der Waals surface area contributed by atoms with Crippen molar-refractivity contribution in [2.45, 2.75) is 5.56 Å². The van der Waals surface area contributed by atoms with Gasteiger partial charge in [-0.25, -0.2) is 4.84 Å². The topological polar surface area (TPSA) is 33.7 Å². The van der Waals surface area contributed by atoms with Crippen LogP contribution in [0.15, 0.2) is 0 Å². The summed E-state index contributed by atoms with van der Waals surface area (Å²) in [5.41, 5.74) is 2.50. The molecule has 0 saturated carbocycles. The molecule has 2 aliphatic rings. The minimum atomic E-state index is 0.161. The summed E-state index contributed by atoms with van der Waals surface area (Å²) in [5, 5.41) is 0. The van der Waals surface area contributed by atoms with E-state index in [1.54, 1.807) is 21.8 Å². The van der Waals surface area contributed by atoms with E-state index in [9.17, 15) is 0 Å². The molecule has 0 aliphatic carbocycles. The Morgan fingerprint density at radius 2 is 2.75 bits per heavy atom. The van der Waals surface area contributed by atoms with Gasteiger partial charge in [-0.15, -0.1) is 0 Å². The largest absolute Gasteiger partial charge is 0.260 e. The highest BCUT2D eigenvalue weighted by molar-refractivity contribution is 8.78. The lowest BCUT2D eigenvalue weighted by Crippen LogP contribution is -2.46. The maximum atomic E-state index is 4.87. The molecule has 0 amide bonds.